The molecule has 0 saturated carbocycles. The normalized spacial score (nSPS) is 9.55. The molecule has 0 spiro atoms. The third kappa shape index (κ3) is 6.23. The van der Waals surface area contributed by atoms with E-state index in [1.165, 1.54) is 4.90 Å². The van der Waals surface area contributed by atoms with Crippen LogP contribution in [0.3, 0.4) is 0 Å². The van der Waals surface area contributed by atoms with Gasteiger partial charge in [-0.1, -0.05) is 18.5 Å². The maximum absolute atomic E-state index is 11.8. The molecule has 0 aromatic heterocycles. The summed E-state index contributed by atoms with van der Waals surface area (Å²) in [4.78, 5) is 24.8. The quantitative estimate of drug-likeness (QED) is 0.840. The van der Waals surface area contributed by atoms with Crippen LogP contribution in [-0.4, -0.2) is 36.3 Å². The Morgan fingerprint density at radius 2 is 1.90 bits per heavy atom. The maximum atomic E-state index is 11.8. The van der Waals surface area contributed by atoms with E-state index in [-0.39, 0.29) is 37.3 Å². The van der Waals surface area contributed by atoms with Gasteiger partial charge in [-0.3, -0.25) is 9.59 Å². The molecule has 5 nitrogen and oxygen atoms in total. The lowest BCUT2D eigenvalue weighted by molar-refractivity contribution is -0.133. The zero-order valence-electron chi connectivity index (χ0n) is 11.3. The van der Waals surface area contributed by atoms with E-state index in [4.69, 9.17) is 17.3 Å². The van der Waals surface area contributed by atoms with Gasteiger partial charge in [0.2, 0.25) is 11.8 Å². The first-order chi connectivity index (χ1) is 9.06. The number of benzene rings is 1. The maximum Gasteiger partial charge on any atom is 0.243 e. The summed E-state index contributed by atoms with van der Waals surface area (Å²) >= 11 is 5.75. The van der Waals surface area contributed by atoms with Crippen molar-refractivity contribution in [2.24, 2.45) is 5.73 Å². The standard InChI is InChI=1S/C13H18ClN3O2.ClH/c1-2-7-17(13(19)8-15)9-12(18)16-11-5-3-10(14)4-6-11;/h3-6H,2,7-9,15H2,1H3,(H,16,18);1H. The minimum Gasteiger partial charge on any atom is -0.332 e. The van der Waals surface area contributed by atoms with Crippen LogP contribution < -0.4 is 11.1 Å². The Balaban J connectivity index is 0.00000361. The van der Waals surface area contributed by atoms with Crippen molar-refractivity contribution in [3.05, 3.63) is 29.3 Å². The molecule has 1 aromatic carbocycles. The predicted molar refractivity (Wildman–Crippen MR) is 83.3 cm³/mol. The number of carbonyl (C=O) groups is 2. The van der Waals surface area contributed by atoms with Gasteiger partial charge < -0.3 is 16.0 Å². The molecule has 0 aliphatic heterocycles. The molecule has 0 fully saturated rings. The number of hydrogen-bond donors (Lipinski definition) is 2. The Bertz CT molecular complexity index is 438. The van der Waals surface area contributed by atoms with Crippen molar-refractivity contribution in [3.8, 4) is 0 Å². The van der Waals surface area contributed by atoms with Crippen LogP contribution in [0.1, 0.15) is 13.3 Å². The van der Waals surface area contributed by atoms with Crippen molar-refractivity contribution in [1.82, 2.24) is 4.90 Å². The van der Waals surface area contributed by atoms with Crippen LogP contribution >= 0.6 is 24.0 Å². The number of rotatable bonds is 6. The zero-order valence-corrected chi connectivity index (χ0v) is 12.8. The Morgan fingerprint density at radius 3 is 2.40 bits per heavy atom. The van der Waals surface area contributed by atoms with Crippen molar-refractivity contribution < 1.29 is 9.59 Å². The van der Waals surface area contributed by atoms with E-state index < -0.39 is 0 Å². The van der Waals surface area contributed by atoms with Crippen LogP contribution in [-0.2, 0) is 9.59 Å². The molecule has 20 heavy (non-hydrogen) atoms. The van der Waals surface area contributed by atoms with E-state index >= 15 is 0 Å². The SMILES string of the molecule is CCCN(CC(=O)Nc1ccc(Cl)cc1)C(=O)CN.Cl. The van der Waals surface area contributed by atoms with Crippen molar-refractivity contribution in [2.75, 3.05) is 25.0 Å². The molecule has 0 atom stereocenters. The molecular weight excluding hydrogens is 301 g/mol. The number of carbonyl (C=O) groups excluding carboxylic acids is 2. The summed E-state index contributed by atoms with van der Waals surface area (Å²) in [5.41, 5.74) is 5.96. The molecule has 0 aliphatic rings. The third-order valence-electron chi connectivity index (χ3n) is 2.48. The first-order valence-corrected chi connectivity index (χ1v) is 6.48. The summed E-state index contributed by atoms with van der Waals surface area (Å²) in [5.74, 6) is -0.481. The fraction of sp³-hybridized carbons (Fsp3) is 0.385. The average molecular weight is 320 g/mol. The highest BCUT2D eigenvalue weighted by Crippen LogP contribution is 2.13. The second-order valence-corrected chi connectivity index (χ2v) is 4.51. The second kappa shape index (κ2) is 9.58. The number of nitrogens with zero attached hydrogens (tertiary/aromatic N) is 1. The molecule has 0 saturated heterocycles. The minimum atomic E-state index is -0.252. The van der Waals surface area contributed by atoms with Gasteiger partial charge in [-0.25, -0.2) is 0 Å². The van der Waals surface area contributed by atoms with Gasteiger partial charge in [0.1, 0.15) is 0 Å². The molecule has 0 bridgehead atoms. The van der Waals surface area contributed by atoms with Gasteiger partial charge in [-0.2, -0.15) is 0 Å². The highest BCUT2D eigenvalue weighted by molar-refractivity contribution is 6.30. The summed E-state index contributed by atoms with van der Waals surface area (Å²) < 4.78 is 0. The first-order valence-electron chi connectivity index (χ1n) is 6.10. The second-order valence-electron chi connectivity index (χ2n) is 4.07. The van der Waals surface area contributed by atoms with E-state index in [2.05, 4.69) is 5.32 Å². The summed E-state index contributed by atoms with van der Waals surface area (Å²) in [7, 11) is 0. The van der Waals surface area contributed by atoms with Crippen molar-refractivity contribution in [1.29, 1.82) is 0 Å². The lowest BCUT2D eigenvalue weighted by Gasteiger charge is -2.20. The van der Waals surface area contributed by atoms with Crippen LogP contribution in [0.25, 0.3) is 0 Å². The van der Waals surface area contributed by atoms with Crippen molar-refractivity contribution in [2.45, 2.75) is 13.3 Å². The highest BCUT2D eigenvalue weighted by atomic mass is 35.5. The van der Waals surface area contributed by atoms with E-state index in [0.29, 0.717) is 17.3 Å². The third-order valence-corrected chi connectivity index (χ3v) is 2.74. The molecular formula is C13H19Cl2N3O2. The van der Waals surface area contributed by atoms with Crippen LogP contribution in [0.5, 0.6) is 0 Å². The van der Waals surface area contributed by atoms with E-state index in [1.54, 1.807) is 24.3 Å². The lowest BCUT2D eigenvalue weighted by Crippen LogP contribution is -2.41. The molecule has 0 unspecified atom stereocenters. The van der Waals surface area contributed by atoms with Gasteiger partial charge in [0.05, 0.1) is 13.1 Å². The molecule has 1 rings (SSSR count). The Labute approximate surface area is 129 Å². The van der Waals surface area contributed by atoms with Crippen LogP contribution in [0.15, 0.2) is 24.3 Å². The van der Waals surface area contributed by atoms with E-state index in [1.807, 2.05) is 6.92 Å². The van der Waals surface area contributed by atoms with Gasteiger partial charge >= 0.3 is 0 Å². The highest BCUT2D eigenvalue weighted by Gasteiger charge is 2.14. The summed E-state index contributed by atoms with van der Waals surface area (Å²) in [5, 5.41) is 3.31. The fourth-order valence-electron chi connectivity index (χ4n) is 1.60. The first kappa shape index (κ1) is 18.7. The topological polar surface area (TPSA) is 75.4 Å². The summed E-state index contributed by atoms with van der Waals surface area (Å²) in [6.07, 6.45) is 0.778. The van der Waals surface area contributed by atoms with Crippen LogP contribution in [0.2, 0.25) is 5.02 Å². The van der Waals surface area contributed by atoms with E-state index in [0.717, 1.165) is 6.42 Å². The minimum absolute atomic E-state index is 0. The van der Waals surface area contributed by atoms with Crippen LogP contribution in [0.4, 0.5) is 5.69 Å². The monoisotopic (exact) mass is 319 g/mol. The van der Waals surface area contributed by atoms with Crippen LogP contribution in [0, 0.1) is 0 Å². The van der Waals surface area contributed by atoms with Crippen molar-refractivity contribution in [3.63, 3.8) is 0 Å². The van der Waals surface area contributed by atoms with Gasteiger partial charge in [-0.05, 0) is 30.7 Å². The zero-order chi connectivity index (χ0) is 14.3. The number of nitrogens with one attached hydrogen (secondary N) is 1. The number of anilines is 1. The molecule has 1 aromatic rings. The molecule has 3 N–H and O–H groups in total. The number of nitrogens with two attached hydrogens (primary N) is 1. The van der Waals surface area contributed by atoms with Gasteiger partial charge in [0, 0.05) is 17.3 Å². The van der Waals surface area contributed by atoms with Crippen molar-refractivity contribution >= 4 is 41.5 Å². The number of hydrogen-bond acceptors (Lipinski definition) is 3. The molecule has 2 amide bonds. The largest absolute Gasteiger partial charge is 0.332 e. The molecule has 0 heterocycles. The molecule has 7 heteroatoms. The fourth-order valence-corrected chi connectivity index (χ4v) is 1.72. The lowest BCUT2D eigenvalue weighted by atomic mass is 10.3. The number of amides is 2. The summed E-state index contributed by atoms with van der Waals surface area (Å²) in [6.45, 7) is 2.37. The summed E-state index contributed by atoms with van der Waals surface area (Å²) in [6, 6.07) is 6.78. The smallest absolute Gasteiger partial charge is 0.243 e. The molecule has 0 radical (unpaired) electrons. The van der Waals surface area contributed by atoms with Gasteiger partial charge in [0.25, 0.3) is 0 Å². The Hall–Kier alpha value is -1.30. The predicted octanol–water partition coefficient (Wildman–Crippen LogP) is 1.90. The molecule has 0 aliphatic carbocycles. The van der Waals surface area contributed by atoms with E-state index in [9.17, 15) is 9.59 Å². The van der Waals surface area contributed by atoms with Gasteiger partial charge in [0.15, 0.2) is 0 Å². The molecule has 112 valence electrons. The van der Waals surface area contributed by atoms with Gasteiger partial charge in [-0.15, -0.1) is 12.4 Å². The number of halogens is 2. The average Bonchev–Trinajstić information content (AvgIpc) is 2.40. The Morgan fingerprint density at radius 1 is 1.30 bits per heavy atom. The Kier molecular flexibility index (Phi) is 8.96.